The third-order valence-electron chi connectivity index (χ3n) is 5.46. The van der Waals surface area contributed by atoms with E-state index >= 15 is 0 Å². The van der Waals surface area contributed by atoms with Crippen molar-refractivity contribution in [3.63, 3.8) is 0 Å². The molecule has 0 aliphatic carbocycles. The highest BCUT2D eigenvalue weighted by Gasteiger charge is 2.41. The largest absolute Gasteiger partial charge is 0.497 e. The summed E-state index contributed by atoms with van der Waals surface area (Å²) in [5.41, 5.74) is 4.05. The van der Waals surface area contributed by atoms with E-state index in [0.717, 1.165) is 22.4 Å². The van der Waals surface area contributed by atoms with Crippen molar-refractivity contribution in [3.8, 4) is 5.75 Å². The van der Waals surface area contributed by atoms with Crippen molar-refractivity contribution in [1.29, 1.82) is 0 Å². The van der Waals surface area contributed by atoms with Gasteiger partial charge in [0.05, 0.1) is 12.8 Å². The number of carbonyl (C=O) groups is 2. The maximum atomic E-state index is 13.1. The van der Waals surface area contributed by atoms with Gasteiger partial charge in [-0.3, -0.25) is 14.3 Å². The number of hydrogen-bond donors (Lipinski definition) is 2. The van der Waals surface area contributed by atoms with Gasteiger partial charge >= 0.3 is 0 Å². The third kappa shape index (κ3) is 3.43. The van der Waals surface area contributed by atoms with E-state index in [-0.39, 0.29) is 11.8 Å². The molecule has 1 aliphatic rings. The molecule has 154 valence electrons. The van der Waals surface area contributed by atoms with Crippen LogP contribution in [0.4, 0.5) is 5.82 Å². The van der Waals surface area contributed by atoms with Gasteiger partial charge in [0.25, 0.3) is 5.91 Å². The zero-order chi connectivity index (χ0) is 21.4. The van der Waals surface area contributed by atoms with Gasteiger partial charge in [0.2, 0.25) is 5.91 Å². The molecule has 0 saturated heterocycles. The lowest BCUT2D eigenvalue weighted by Gasteiger charge is -2.32. The first-order valence-electron chi connectivity index (χ1n) is 9.75. The highest BCUT2D eigenvalue weighted by Crippen LogP contribution is 2.40. The van der Waals surface area contributed by atoms with Crippen molar-refractivity contribution in [2.75, 3.05) is 12.4 Å². The molecular formula is C23H24N4O3. The Kier molecular flexibility index (Phi) is 5.03. The molecule has 7 nitrogen and oxygen atoms in total. The number of rotatable bonds is 4. The van der Waals surface area contributed by atoms with E-state index in [1.165, 1.54) is 0 Å². The Balaban J connectivity index is 1.80. The first-order valence-corrected chi connectivity index (χ1v) is 9.75. The molecule has 0 unspecified atom stereocenters. The summed E-state index contributed by atoms with van der Waals surface area (Å²) < 4.78 is 7.05. The van der Waals surface area contributed by atoms with Gasteiger partial charge in [0.1, 0.15) is 17.6 Å². The molecule has 0 saturated carbocycles. The smallest absolute Gasteiger partial charge is 0.251 e. The fourth-order valence-electron chi connectivity index (χ4n) is 4.06. The van der Waals surface area contributed by atoms with Crippen LogP contribution in [0.2, 0.25) is 0 Å². The van der Waals surface area contributed by atoms with E-state index in [9.17, 15) is 9.59 Å². The number of amides is 2. The molecule has 7 heteroatoms. The predicted molar refractivity (Wildman–Crippen MR) is 114 cm³/mol. The van der Waals surface area contributed by atoms with Crippen LogP contribution >= 0.6 is 0 Å². The number of aromatic nitrogens is 2. The van der Waals surface area contributed by atoms with Gasteiger partial charge in [-0.1, -0.05) is 29.8 Å². The van der Waals surface area contributed by atoms with Gasteiger partial charge in [0.15, 0.2) is 0 Å². The van der Waals surface area contributed by atoms with Gasteiger partial charge in [-0.25, -0.2) is 0 Å². The van der Waals surface area contributed by atoms with Crippen molar-refractivity contribution in [3.05, 3.63) is 76.5 Å². The second kappa shape index (κ2) is 7.67. The van der Waals surface area contributed by atoms with E-state index in [0.29, 0.717) is 17.1 Å². The minimum atomic E-state index is -0.791. The molecule has 0 fully saturated rings. The Morgan fingerprint density at radius 2 is 1.93 bits per heavy atom. The highest BCUT2D eigenvalue weighted by atomic mass is 16.5. The van der Waals surface area contributed by atoms with Crippen LogP contribution < -0.4 is 15.4 Å². The standard InChI is InChI=1S/C23H24N4O3/c1-13-7-5-9-16(11-13)22(28)24-20-19(15-8-6-10-17(12-15)30-4)18-14(2)26-27(3)21(18)25-23(20)29/h5-12,19-20H,1-4H3,(H,24,28)(H,25,29)/t19-,20-/m0/s1. The van der Waals surface area contributed by atoms with Crippen molar-refractivity contribution >= 4 is 17.6 Å². The number of nitrogens with zero attached hydrogens (tertiary/aromatic N) is 2. The molecule has 4 rings (SSSR count). The normalized spacial score (nSPS) is 17.8. The average Bonchev–Trinajstić information content (AvgIpc) is 3.01. The first kappa shape index (κ1) is 19.7. The predicted octanol–water partition coefficient (Wildman–Crippen LogP) is 2.93. The molecule has 2 aromatic carbocycles. The molecule has 2 heterocycles. The van der Waals surface area contributed by atoms with Gasteiger partial charge in [0, 0.05) is 24.1 Å². The van der Waals surface area contributed by atoms with E-state index in [1.807, 2.05) is 50.2 Å². The summed E-state index contributed by atoms with van der Waals surface area (Å²) in [5, 5.41) is 10.3. The summed E-state index contributed by atoms with van der Waals surface area (Å²) in [6, 6.07) is 14.1. The lowest BCUT2D eigenvalue weighted by atomic mass is 9.81. The van der Waals surface area contributed by atoms with Gasteiger partial charge in [-0.15, -0.1) is 0 Å². The van der Waals surface area contributed by atoms with Crippen LogP contribution in [0.25, 0.3) is 0 Å². The summed E-state index contributed by atoms with van der Waals surface area (Å²) >= 11 is 0. The molecule has 3 aromatic rings. The van der Waals surface area contributed by atoms with Crippen molar-refractivity contribution in [2.24, 2.45) is 7.05 Å². The van der Waals surface area contributed by atoms with Gasteiger partial charge in [-0.05, 0) is 43.7 Å². The van der Waals surface area contributed by atoms with Crippen LogP contribution in [0.3, 0.4) is 0 Å². The molecule has 2 N–H and O–H groups in total. The highest BCUT2D eigenvalue weighted by molar-refractivity contribution is 6.04. The van der Waals surface area contributed by atoms with Crippen LogP contribution in [0, 0.1) is 13.8 Å². The van der Waals surface area contributed by atoms with Crippen LogP contribution in [-0.2, 0) is 11.8 Å². The topological polar surface area (TPSA) is 85.2 Å². The Morgan fingerprint density at radius 1 is 1.17 bits per heavy atom. The summed E-state index contributed by atoms with van der Waals surface area (Å²) in [4.78, 5) is 26.1. The number of fused-ring (bicyclic) bond motifs is 1. The number of aryl methyl sites for hydroxylation is 3. The summed E-state index contributed by atoms with van der Waals surface area (Å²) in [6.07, 6.45) is 0. The second-order valence-electron chi connectivity index (χ2n) is 7.54. The Hall–Kier alpha value is -3.61. The zero-order valence-corrected chi connectivity index (χ0v) is 17.4. The minimum absolute atomic E-state index is 0.278. The zero-order valence-electron chi connectivity index (χ0n) is 17.4. The molecule has 0 radical (unpaired) electrons. The SMILES string of the molecule is COc1cccc([C@H]2c3c(C)nn(C)c3NC(=O)[C@H]2NC(=O)c2cccc(C)c2)c1. The average molecular weight is 404 g/mol. The molecule has 1 aliphatic heterocycles. The molecule has 1 aromatic heterocycles. The fourth-order valence-corrected chi connectivity index (χ4v) is 4.06. The number of carbonyl (C=O) groups excluding carboxylic acids is 2. The van der Waals surface area contributed by atoms with Crippen LogP contribution in [-0.4, -0.2) is 34.7 Å². The molecular weight excluding hydrogens is 380 g/mol. The minimum Gasteiger partial charge on any atom is -0.497 e. The molecule has 2 atom stereocenters. The summed E-state index contributed by atoms with van der Waals surface area (Å²) in [5.74, 6) is 0.360. The quantitative estimate of drug-likeness (QED) is 0.700. The van der Waals surface area contributed by atoms with Crippen LogP contribution in [0.5, 0.6) is 5.75 Å². The number of methoxy groups -OCH3 is 1. The molecule has 0 bridgehead atoms. The first-order chi connectivity index (χ1) is 14.4. The van der Waals surface area contributed by atoms with Crippen LogP contribution in [0.15, 0.2) is 48.5 Å². The van der Waals surface area contributed by atoms with Crippen molar-refractivity contribution in [1.82, 2.24) is 15.1 Å². The number of nitrogens with one attached hydrogen (secondary N) is 2. The number of ether oxygens (including phenoxy) is 1. The molecule has 30 heavy (non-hydrogen) atoms. The number of benzene rings is 2. The number of anilines is 1. The van der Waals surface area contributed by atoms with E-state index < -0.39 is 12.0 Å². The number of hydrogen-bond acceptors (Lipinski definition) is 4. The Bertz CT molecular complexity index is 1140. The second-order valence-corrected chi connectivity index (χ2v) is 7.54. The van der Waals surface area contributed by atoms with E-state index in [1.54, 1.807) is 31.0 Å². The molecule has 2 amide bonds. The summed E-state index contributed by atoms with van der Waals surface area (Å²) in [6.45, 7) is 3.83. The van der Waals surface area contributed by atoms with Crippen molar-refractivity contribution < 1.29 is 14.3 Å². The maximum Gasteiger partial charge on any atom is 0.251 e. The summed E-state index contributed by atoms with van der Waals surface area (Å²) in [7, 11) is 3.39. The van der Waals surface area contributed by atoms with Gasteiger partial charge in [-0.2, -0.15) is 5.10 Å². The Labute approximate surface area is 175 Å². The monoisotopic (exact) mass is 404 g/mol. The lowest BCUT2D eigenvalue weighted by molar-refractivity contribution is -0.118. The fraction of sp³-hybridized carbons (Fsp3) is 0.261. The lowest BCUT2D eigenvalue weighted by Crippen LogP contribution is -2.50. The van der Waals surface area contributed by atoms with Crippen molar-refractivity contribution in [2.45, 2.75) is 25.8 Å². The van der Waals surface area contributed by atoms with Crippen LogP contribution in [0.1, 0.15) is 38.7 Å². The molecule has 0 spiro atoms. The van der Waals surface area contributed by atoms with E-state index in [4.69, 9.17) is 4.74 Å². The third-order valence-corrected chi connectivity index (χ3v) is 5.46. The Morgan fingerprint density at radius 3 is 2.67 bits per heavy atom. The maximum absolute atomic E-state index is 13.1. The van der Waals surface area contributed by atoms with Gasteiger partial charge < -0.3 is 15.4 Å². The van der Waals surface area contributed by atoms with E-state index in [2.05, 4.69) is 15.7 Å².